The zero-order valence-electron chi connectivity index (χ0n) is 22.7. The van der Waals surface area contributed by atoms with Crippen LogP contribution in [0, 0.1) is 5.82 Å². The number of thioether (sulfide) groups is 1. The molecule has 0 saturated carbocycles. The Bertz CT molecular complexity index is 1690. The number of benzene rings is 3. The van der Waals surface area contributed by atoms with Crippen LogP contribution in [0.15, 0.2) is 82.8 Å². The average Bonchev–Trinajstić information content (AvgIpc) is 3.40. The summed E-state index contributed by atoms with van der Waals surface area (Å²) < 4.78 is 48.6. The molecule has 1 aliphatic heterocycles. The van der Waals surface area contributed by atoms with Gasteiger partial charge in [-0.1, -0.05) is 36.0 Å². The van der Waals surface area contributed by atoms with Crippen LogP contribution in [0.4, 0.5) is 10.1 Å². The van der Waals surface area contributed by atoms with E-state index in [0.29, 0.717) is 41.0 Å². The minimum Gasteiger partial charge on any atom is -0.379 e. The standard InChI is InChI=1S/C29H28FN5O5S2/c1-20(36)22-7-11-25(12-8-22)31-27(37)19-41-29-33-32-28(35(29)18-21-5-9-24(30)10-6-21)23-3-2-4-26(17-23)42(38,39)34-13-15-40-16-14-34/h2-12,17H,13-16,18-19H2,1H3,(H,31,37). The number of Topliss-reactive ketones (excluding diaryl/α,β-unsaturated/α-hetero) is 1. The zero-order chi connectivity index (χ0) is 29.7. The molecule has 1 fully saturated rings. The molecule has 1 N–H and O–H groups in total. The van der Waals surface area contributed by atoms with Gasteiger partial charge in [0.2, 0.25) is 15.9 Å². The van der Waals surface area contributed by atoms with Crippen molar-refractivity contribution >= 4 is 39.2 Å². The minimum atomic E-state index is -3.74. The molecular weight excluding hydrogens is 581 g/mol. The number of nitrogens with zero attached hydrogens (tertiary/aromatic N) is 4. The van der Waals surface area contributed by atoms with E-state index >= 15 is 0 Å². The first-order chi connectivity index (χ1) is 20.2. The van der Waals surface area contributed by atoms with Crippen molar-refractivity contribution in [2.75, 3.05) is 37.4 Å². The van der Waals surface area contributed by atoms with E-state index in [-0.39, 0.29) is 47.8 Å². The number of ether oxygens (including phenoxy) is 1. The summed E-state index contributed by atoms with van der Waals surface area (Å²) in [5.74, 6) is -0.301. The summed E-state index contributed by atoms with van der Waals surface area (Å²) >= 11 is 1.16. The van der Waals surface area contributed by atoms with Crippen LogP contribution in [-0.4, -0.2) is 71.2 Å². The maximum atomic E-state index is 13.6. The lowest BCUT2D eigenvalue weighted by Gasteiger charge is -2.26. The second-order valence-corrected chi connectivity index (χ2v) is 12.4. The fourth-order valence-electron chi connectivity index (χ4n) is 4.37. The molecule has 3 aromatic carbocycles. The van der Waals surface area contributed by atoms with Crippen molar-refractivity contribution in [1.82, 2.24) is 19.1 Å². The van der Waals surface area contributed by atoms with Crippen LogP contribution in [0.1, 0.15) is 22.8 Å². The summed E-state index contributed by atoms with van der Waals surface area (Å²) in [5.41, 5.74) is 2.40. The third-order valence-corrected chi connectivity index (χ3v) is 9.44. The summed E-state index contributed by atoms with van der Waals surface area (Å²) in [5, 5.41) is 11.9. The first-order valence-corrected chi connectivity index (χ1v) is 15.5. The zero-order valence-corrected chi connectivity index (χ0v) is 24.3. The number of sulfonamides is 1. The molecule has 0 bridgehead atoms. The molecule has 42 heavy (non-hydrogen) atoms. The Morgan fingerprint density at radius 3 is 2.40 bits per heavy atom. The van der Waals surface area contributed by atoms with Crippen molar-refractivity contribution in [2.45, 2.75) is 23.5 Å². The van der Waals surface area contributed by atoms with Crippen LogP contribution in [0.5, 0.6) is 0 Å². The molecule has 5 rings (SSSR count). The van der Waals surface area contributed by atoms with Crippen LogP contribution in [0.2, 0.25) is 0 Å². The number of hydrogen-bond donors (Lipinski definition) is 1. The number of halogens is 1. The number of anilines is 1. The molecule has 1 saturated heterocycles. The van der Waals surface area contributed by atoms with Crippen molar-refractivity contribution in [1.29, 1.82) is 0 Å². The highest BCUT2D eigenvalue weighted by molar-refractivity contribution is 7.99. The molecule has 13 heteroatoms. The molecule has 4 aromatic rings. The normalized spacial score (nSPS) is 14.0. The summed E-state index contributed by atoms with van der Waals surface area (Å²) in [6.45, 7) is 2.96. The van der Waals surface area contributed by atoms with E-state index in [0.717, 1.165) is 17.3 Å². The van der Waals surface area contributed by atoms with Gasteiger partial charge in [-0.3, -0.25) is 14.2 Å². The Kier molecular flexibility index (Phi) is 9.12. The summed E-state index contributed by atoms with van der Waals surface area (Å²) in [7, 11) is -3.74. The van der Waals surface area contributed by atoms with Crippen molar-refractivity contribution in [2.24, 2.45) is 0 Å². The van der Waals surface area contributed by atoms with Crippen LogP contribution in [0.25, 0.3) is 11.4 Å². The summed E-state index contributed by atoms with van der Waals surface area (Å²) in [6.07, 6.45) is 0. The first kappa shape index (κ1) is 29.6. The second-order valence-electron chi connectivity index (χ2n) is 9.53. The maximum absolute atomic E-state index is 13.6. The van der Waals surface area contributed by atoms with Gasteiger partial charge in [-0.15, -0.1) is 10.2 Å². The highest BCUT2D eigenvalue weighted by Gasteiger charge is 2.27. The van der Waals surface area contributed by atoms with Crippen LogP contribution >= 0.6 is 11.8 Å². The number of carbonyl (C=O) groups excluding carboxylic acids is 2. The maximum Gasteiger partial charge on any atom is 0.243 e. The topological polar surface area (TPSA) is 123 Å². The number of nitrogens with one attached hydrogen (secondary N) is 1. The van der Waals surface area contributed by atoms with Gasteiger partial charge in [0, 0.05) is 29.9 Å². The Hall–Kier alpha value is -3.91. The van der Waals surface area contributed by atoms with E-state index in [9.17, 15) is 22.4 Å². The molecule has 1 aliphatic rings. The van der Waals surface area contributed by atoms with Gasteiger partial charge in [0.1, 0.15) is 5.82 Å². The Balaban J connectivity index is 1.40. The molecule has 0 aliphatic carbocycles. The Morgan fingerprint density at radius 2 is 1.71 bits per heavy atom. The largest absolute Gasteiger partial charge is 0.379 e. The molecule has 10 nitrogen and oxygen atoms in total. The fraction of sp³-hybridized carbons (Fsp3) is 0.241. The molecule has 0 spiro atoms. The van der Waals surface area contributed by atoms with Gasteiger partial charge in [-0.2, -0.15) is 4.31 Å². The number of rotatable bonds is 10. The predicted octanol–water partition coefficient (Wildman–Crippen LogP) is 4.09. The Labute approximate surface area is 247 Å². The lowest BCUT2D eigenvalue weighted by molar-refractivity contribution is -0.113. The van der Waals surface area contributed by atoms with E-state index < -0.39 is 10.0 Å². The van der Waals surface area contributed by atoms with E-state index in [1.165, 1.54) is 29.4 Å². The Morgan fingerprint density at radius 1 is 1.00 bits per heavy atom. The van der Waals surface area contributed by atoms with Crippen LogP contribution in [-0.2, 0) is 26.1 Å². The van der Waals surface area contributed by atoms with Crippen LogP contribution in [0.3, 0.4) is 0 Å². The van der Waals surface area contributed by atoms with Gasteiger partial charge in [-0.25, -0.2) is 12.8 Å². The number of hydrogen-bond acceptors (Lipinski definition) is 8. The van der Waals surface area contributed by atoms with E-state index in [4.69, 9.17) is 4.74 Å². The third kappa shape index (κ3) is 6.93. The molecule has 0 unspecified atom stereocenters. The second kappa shape index (κ2) is 12.9. The highest BCUT2D eigenvalue weighted by Crippen LogP contribution is 2.28. The monoisotopic (exact) mass is 609 g/mol. The molecule has 0 atom stereocenters. The summed E-state index contributed by atoms with van der Waals surface area (Å²) in [6, 6.07) is 19.1. The molecule has 0 radical (unpaired) electrons. The lowest BCUT2D eigenvalue weighted by Crippen LogP contribution is -2.40. The number of carbonyl (C=O) groups is 2. The van der Waals surface area contributed by atoms with E-state index in [1.54, 1.807) is 59.2 Å². The minimum absolute atomic E-state index is 0.0153. The van der Waals surface area contributed by atoms with Gasteiger partial charge in [-0.05, 0) is 61.0 Å². The van der Waals surface area contributed by atoms with Crippen molar-refractivity contribution < 1.29 is 27.1 Å². The number of ketones is 1. The SMILES string of the molecule is CC(=O)c1ccc(NC(=O)CSc2nnc(-c3cccc(S(=O)(=O)N4CCOCC4)c3)n2Cc2ccc(F)cc2)cc1. The molecular formula is C29H28FN5O5S2. The lowest BCUT2D eigenvalue weighted by atomic mass is 10.1. The van der Waals surface area contributed by atoms with Gasteiger partial charge < -0.3 is 10.1 Å². The first-order valence-electron chi connectivity index (χ1n) is 13.1. The van der Waals surface area contributed by atoms with Crippen molar-refractivity contribution in [3.63, 3.8) is 0 Å². The molecule has 1 aromatic heterocycles. The predicted molar refractivity (Wildman–Crippen MR) is 156 cm³/mol. The third-order valence-electron chi connectivity index (χ3n) is 6.58. The average molecular weight is 610 g/mol. The summed E-state index contributed by atoms with van der Waals surface area (Å²) in [4.78, 5) is 24.3. The van der Waals surface area contributed by atoms with E-state index in [2.05, 4.69) is 15.5 Å². The molecule has 2 heterocycles. The number of amides is 1. The van der Waals surface area contributed by atoms with Crippen molar-refractivity contribution in [3.05, 3.63) is 89.7 Å². The molecule has 1 amide bonds. The quantitative estimate of drug-likeness (QED) is 0.211. The number of aromatic nitrogens is 3. The van der Waals surface area contributed by atoms with Gasteiger partial charge in [0.25, 0.3) is 0 Å². The van der Waals surface area contributed by atoms with Crippen molar-refractivity contribution in [3.8, 4) is 11.4 Å². The van der Waals surface area contributed by atoms with Gasteiger partial charge in [0.05, 0.1) is 30.4 Å². The van der Waals surface area contributed by atoms with E-state index in [1.807, 2.05) is 0 Å². The smallest absolute Gasteiger partial charge is 0.243 e. The van der Waals surface area contributed by atoms with Gasteiger partial charge >= 0.3 is 0 Å². The number of morpholine rings is 1. The fourth-order valence-corrected chi connectivity index (χ4v) is 6.56. The molecule has 218 valence electrons. The van der Waals surface area contributed by atoms with Gasteiger partial charge in [0.15, 0.2) is 16.8 Å². The highest BCUT2D eigenvalue weighted by atomic mass is 32.2. The van der Waals surface area contributed by atoms with Crippen LogP contribution < -0.4 is 5.32 Å².